The molecule has 2 aromatic rings. The summed E-state index contributed by atoms with van der Waals surface area (Å²) in [6.07, 6.45) is 1.06. The quantitative estimate of drug-likeness (QED) is 0.597. The highest BCUT2D eigenvalue weighted by molar-refractivity contribution is 6.00. The van der Waals surface area contributed by atoms with Crippen LogP contribution in [0, 0.1) is 10.1 Å². The van der Waals surface area contributed by atoms with E-state index in [1.54, 1.807) is 6.07 Å². The van der Waals surface area contributed by atoms with E-state index < -0.39 is 28.7 Å². The van der Waals surface area contributed by atoms with Gasteiger partial charge >= 0.3 is 0 Å². The Labute approximate surface area is 153 Å². The van der Waals surface area contributed by atoms with E-state index in [2.05, 4.69) is 10.6 Å². The summed E-state index contributed by atoms with van der Waals surface area (Å²) in [5.41, 5.74) is 0.0622. The van der Waals surface area contributed by atoms with Crippen molar-refractivity contribution in [1.82, 2.24) is 10.2 Å². The molecule has 3 rings (SSSR count). The van der Waals surface area contributed by atoms with Gasteiger partial charge in [-0.3, -0.25) is 24.5 Å². The maximum Gasteiger partial charge on any atom is 0.290 e. The molecule has 1 aliphatic rings. The number of anilines is 1. The van der Waals surface area contributed by atoms with Crippen molar-refractivity contribution in [2.75, 3.05) is 18.4 Å². The first-order valence-electron chi connectivity index (χ1n) is 8.12. The van der Waals surface area contributed by atoms with E-state index >= 15 is 0 Å². The number of non-ortho nitro benzene ring substituents is 1. The fourth-order valence-electron chi connectivity index (χ4n) is 2.79. The Morgan fingerprint density at radius 2 is 2.15 bits per heavy atom. The van der Waals surface area contributed by atoms with E-state index in [0.29, 0.717) is 0 Å². The predicted octanol–water partition coefficient (Wildman–Crippen LogP) is 1.16. The number of rotatable bonds is 5. The molecule has 1 saturated heterocycles. The Balaban J connectivity index is 1.72. The molecule has 10 heteroatoms. The van der Waals surface area contributed by atoms with Gasteiger partial charge in [-0.1, -0.05) is 6.07 Å². The molecule has 1 aromatic heterocycles. The Morgan fingerprint density at radius 1 is 1.33 bits per heavy atom. The predicted molar refractivity (Wildman–Crippen MR) is 92.9 cm³/mol. The lowest BCUT2D eigenvalue weighted by atomic mass is 10.1. The first-order valence-corrected chi connectivity index (χ1v) is 8.12. The first kappa shape index (κ1) is 18.1. The average molecular weight is 372 g/mol. The van der Waals surface area contributed by atoms with Crippen molar-refractivity contribution < 1.29 is 23.7 Å². The molecule has 0 bridgehead atoms. The van der Waals surface area contributed by atoms with E-state index in [1.807, 2.05) is 0 Å². The van der Waals surface area contributed by atoms with Crippen LogP contribution in [0.5, 0.6) is 0 Å². The molecule has 0 saturated carbocycles. The third-order valence-electron chi connectivity index (χ3n) is 4.04. The smallest absolute Gasteiger partial charge is 0.290 e. The van der Waals surface area contributed by atoms with E-state index in [0.717, 1.165) is 0 Å². The zero-order valence-corrected chi connectivity index (χ0v) is 14.1. The second-order valence-corrected chi connectivity index (χ2v) is 5.84. The van der Waals surface area contributed by atoms with Crippen LogP contribution < -0.4 is 10.6 Å². The van der Waals surface area contributed by atoms with Crippen LogP contribution >= 0.6 is 0 Å². The molecule has 140 valence electrons. The fourth-order valence-corrected chi connectivity index (χ4v) is 2.79. The molecule has 0 spiro atoms. The molecule has 2 heterocycles. The molecule has 27 heavy (non-hydrogen) atoms. The minimum absolute atomic E-state index is 0.0776. The minimum Gasteiger partial charge on any atom is -0.459 e. The van der Waals surface area contributed by atoms with Crippen molar-refractivity contribution in [2.45, 2.75) is 12.5 Å². The number of amides is 3. The fraction of sp³-hybridized carbons (Fsp3) is 0.235. The van der Waals surface area contributed by atoms with Gasteiger partial charge in [0.2, 0.25) is 11.8 Å². The standard InChI is InChI=1S/C17H16N4O6/c22-15(19-11-3-1-4-12(9-11)21(25)26)10-13-16(23)18-6-7-20(13)17(24)14-5-2-8-27-14/h1-5,8-9,13H,6-7,10H2,(H,18,23)(H,19,22)/t13-/m1/s1. The number of benzene rings is 1. The molecular formula is C17H16N4O6. The second-order valence-electron chi connectivity index (χ2n) is 5.84. The number of carbonyl (C=O) groups is 3. The van der Waals surface area contributed by atoms with Gasteiger partial charge in [0.25, 0.3) is 11.6 Å². The summed E-state index contributed by atoms with van der Waals surface area (Å²) in [4.78, 5) is 48.6. The summed E-state index contributed by atoms with van der Waals surface area (Å²) in [5, 5.41) is 16.0. The normalized spacial score (nSPS) is 16.5. The highest BCUT2D eigenvalue weighted by Crippen LogP contribution is 2.19. The lowest BCUT2D eigenvalue weighted by molar-refractivity contribution is -0.384. The summed E-state index contributed by atoms with van der Waals surface area (Å²) in [7, 11) is 0. The van der Waals surface area contributed by atoms with Crippen LogP contribution in [0.1, 0.15) is 17.0 Å². The Hall–Kier alpha value is -3.69. The lowest BCUT2D eigenvalue weighted by Gasteiger charge is -2.34. The number of furan rings is 1. The van der Waals surface area contributed by atoms with Gasteiger partial charge in [-0.05, 0) is 18.2 Å². The van der Waals surface area contributed by atoms with Crippen LogP contribution in [-0.2, 0) is 9.59 Å². The number of hydrogen-bond donors (Lipinski definition) is 2. The van der Waals surface area contributed by atoms with Crippen LogP contribution in [-0.4, -0.2) is 46.7 Å². The van der Waals surface area contributed by atoms with Gasteiger partial charge < -0.3 is 20.0 Å². The van der Waals surface area contributed by atoms with Crippen LogP contribution in [0.25, 0.3) is 0 Å². The molecule has 0 aliphatic carbocycles. The average Bonchev–Trinajstić information content (AvgIpc) is 3.17. The zero-order chi connectivity index (χ0) is 19.4. The molecule has 1 atom stereocenters. The Bertz CT molecular complexity index is 879. The molecule has 1 fully saturated rings. The van der Waals surface area contributed by atoms with Crippen molar-refractivity contribution in [2.24, 2.45) is 0 Å². The SMILES string of the molecule is O=C(C[C@@H]1C(=O)NCCN1C(=O)c1ccco1)Nc1cccc([N+](=O)[O-])c1. The number of nitro groups is 1. The summed E-state index contributed by atoms with van der Waals surface area (Å²) >= 11 is 0. The highest BCUT2D eigenvalue weighted by Gasteiger charge is 2.36. The second kappa shape index (κ2) is 7.68. The van der Waals surface area contributed by atoms with E-state index in [1.165, 1.54) is 41.5 Å². The van der Waals surface area contributed by atoms with Crippen molar-refractivity contribution in [1.29, 1.82) is 0 Å². The molecule has 0 radical (unpaired) electrons. The first-order chi connectivity index (χ1) is 13.0. The minimum atomic E-state index is -1.00. The number of nitro benzene ring substituents is 1. The summed E-state index contributed by atoms with van der Waals surface area (Å²) in [6.45, 7) is 0.508. The van der Waals surface area contributed by atoms with Gasteiger partial charge in [0.15, 0.2) is 5.76 Å². The molecule has 1 aromatic carbocycles. The topological polar surface area (TPSA) is 135 Å². The summed E-state index contributed by atoms with van der Waals surface area (Å²) in [6, 6.07) is 7.48. The Kier molecular flexibility index (Phi) is 5.15. The molecule has 0 unspecified atom stereocenters. The van der Waals surface area contributed by atoms with Gasteiger partial charge in [-0.2, -0.15) is 0 Å². The molecular weight excluding hydrogens is 356 g/mol. The maximum atomic E-state index is 12.5. The van der Waals surface area contributed by atoms with Gasteiger partial charge in [0, 0.05) is 30.9 Å². The number of hydrogen-bond acceptors (Lipinski definition) is 6. The van der Waals surface area contributed by atoms with Gasteiger partial charge in [0.05, 0.1) is 17.6 Å². The summed E-state index contributed by atoms with van der Waals surface area (Å²) in [5.74, 6) is -1.40. The van der Waals surface area contributed by atoms with Crippen molar-refractivity contribution >= 4 is 29.1 Å². The van der Waals surface area contributed by atoms with Crippen LogP contribution in [0.15, 0.2) is 47.1 Å². The molecule has 3 amide bonds. The van der Waals surface area contributed by atoms with E-state index in [4.69, 9.17) is 4.42 Å². The lowest BCUT2D eigenvalue weighted by Crippen LogP contribution is -2.58. The molecule has 10 nitrogen and oxygen atoms in total. The number of piperazine rings is 1. The van der Waals surface area contributed by atoms with Crippen molar-refractivity contribution in [3.63, 3.8) is 0 Å². The van der Waals surface area contributed by atoms with Crippen LogP contribution in [0.2, 0.25) is 0 Å². The maximum absolute atomic E-state index is 12.5. The largest absolute Gasteiger partial charge is 0.459 e. The number of nitrogens with zero attached hydrogens (tertiary/aromatic N) is 2. The van der Waals surface area contributed by atoms with Gasteiger partial charge in [-0.25, -0.2) is 0 Å². The van der Waals surface area contributed by atoms with E-state index in [9.17, 15) is 24.5 Å². The molecule has 1 aliphatic heterocycles. The third kappa shape index (κ3) is 4.11. The highest BCUT2D eigenvalue weighted by atomic mass is 16.6. The summed E-state index contributed by atoms with van der Waals surface area (Å²) < 4.78 is 5.08. The van der Waals surface area contributed by atoms with Gasteiger partial charge in [-0.15, -0.1) is 0 Å². The zero-order valence-electron chi connectivity index (χ0n) is 14.1. The Morgan fingerprint density at radius 3 is 2.85 bits per heavy atom. The van der Waals surface area contributed by atoms with Crippen LogP contribution in [0.4, 0.5) is 11.4 Å². The number of carbonyl (C=O) groups excluding carboxylic acids is 3. The monoisotopic (exact) mass is 372 g/mol. The molecule has 2 N–H and O–H groups in total. The van der Waals surface area contributed by atoms with Crippen LogP contribution in [0.3, 0.4) is 0 Å². The number of nitrogens with one attached hydrogen (secondary N) is 2. The third-order valence-corrected chi connectivity index (χ3v) is 4.04. The van der Waals surface area contributed by atoms with Gasteiger partial charge in [0.1, 0.15) is 6.04 Å². The van der Waals surface area contributed by atoms with E-state index in [-0.39, 0.29) is 36.6 Å². The van der Waals surface area contributed by atoms with Crippen molar-refractivity contribution in [3.8, 4) is 0 Å². The van der Waals surface area contributed by atoms with Crippen molar-refractivity contribution in [3.05, 3.63) is 58.5 Å².